The van der Waals surface area contributed by atoms with E-state index in [0.717, 1.165) is 19.3 Å². The highest BCUT2D eigenvalue weighted by molar-refractivity contribution is 5.75. The molecule has 78 valence electrons. The van der Waals surface area contributed by atoms with E-state index in [2.05, 4.69) is 11.9 Å². The lowest BCUT2D eigenvalue weighted by atomic mass is 10.2. The first-order chi connectivity index (χ1) is 6.04. The molecule has 0 aromatic rings. The van der Waals surface area contributed by atoms with Gasteiger partial charge in [-0.1, -0.05) is 19.8 Å². The lowest BCUT2D eigenvalue weighted by molar-refractivity contribution is -0.137. The molecule has 0 aliphatic heterocycles. The molecule has 0 unspecified atom stereocenters. The monoisotopic (exact) mass is 189 g/mol. The molecule has 5 nitrogen and oxygen atoms in total. The van der Waals surface area contributed by atoms with Gasteiger partial charge in [-0.25, -0.2) is 0 Å². The number of carboxylic acids is 1. The zero-order valence-electron chi connectivity index (χ0n) is 8.29. The quantitative estimate of drug-likeness (QED) is 0.341. The van der Waals surface area contributed by atoms with Crippen LogP contribution >= 0.6 is 0 Å². The third-order valence-electron chi connectivity index (χ3n) is 1.25. The van der Waals surface area contributed by atoms with E-state index < -0.39 is 5.97 Å². The van der Waals surface area contributed by atoms with Crippen molar-refractivity contribution in [3.8, 4) is 0 Å². The first kappa shape index (κ1) is 14.3. The standard InChI is InChI=1S/C6H12O2.C2H7N3/c1-2-3-4-5-6(7)8;1-5-2(3)4/h2-5H2,1H3,(H,7,8);1H3,(H4,3,4,5). The Morgan fingerprint density at radius 1 is 1.38 bits per heavy atom. The average molecular weight is 189 g/mol. The summed E-state index contributed by atoms with van der Waals surface area (Å²) in [6, 6.07) is 0. The molecule has 0 aromatic carbocycles. The second-order valence-corrected chi connectivity index (χ2v) is 2.50. The Labute approximate surface area is 78.8 Å². The van der Waals surface area contributed by atoms with Gasteiger partial charge >= 0.3 is 5.97 Å². The lowest BCUT2D eigenvalue weighted by Crippen LogP contribution is -2.21. The fourth-order valence-corrected chi connectivity index (χ4v) is 0.526. The average Bonchev–Trinajstić information content (AvgIpc) is 2.05. The van der Waals surface area contributed by atoms with Gasteiger partial charge in [0, 0.05) is 13.5 Å². The van der Waals surface area contributed by atoms with Crippen molar-refractivity contribution in [1.29, 1.82) is 0 Å². The second-order valence-electron chi connectivity index (χ2n) is 2.50. The molecule has 0 heterocycles. The third kappa shape index (κ3) is 24.9. The number of carboxylic acid groups (broad SMARTS) is 1. The summed E-state index contributed by atoms with van der Waals surface area (Å²) in [5.41, 5.74) is 9.64. The van der Waals surface area contributed by atoms with Crippen molar-refractivity contribution in [3.05, 3.63) is 0 Å². The van der Waals surface area contributed by atoms with E-state index >= 15 is 0 Å². The van der Waals surface area contributed by atoms with Crippen LogP contribution in [0.1, 0.15) is 32.6 Å². The molecule has 0 amide bonds. The smallest absolute Gasteiger partial charge is 0.303 e. The summed E-state index contributed by atoms with van der Waals surface area (Å²) in [7, 11) is 1.54. The molecular formula is C8H19N3O2. The van der Waals surface area contributed by atoms with Crippen LogP contribution < -0.4 is 11.5 Å². The highest BCUT2D eigenvalue weighted by atomic mass is 16.4. The van der Waals surface area contributed by atoms with Crippen molar-refractivity contribution in [2.75, 3.05) is 7.05 Å². The van der Waals surface area contributed by atoms with E-state index in [1.165, 1.54) is 7.05 Å². The molecule has 0 saturated heterocycles. The van der Waals surface area contributed by atoms with E-state index in [1.54, 1.807) is 0 Å². The number of nitrogens with zero attached hydrogens (tertiary/aromatic N) is 1. The van der Waals surface area contributed by atoms with Crippen LogP contribution in [0.3, 0.4) is 0 Å². The van der Waals surface area contributed by atoms with Gasteiger partial charge in [0.05, 0.1) is 0 Å². The summed E-state index contributed by atoms with van der Waals surface area (Å²) in [5, 5.41) is 8.14. The van der Waals surface area contributed by atoms with Gasteiger partial charge in [0.2, 0.25) is 0 Å². The first-order valence-electron chi connectivity index (χ1n) is 4.24. The van der Waals surface area contributed by atoms with E-state index in [4.69, 9.17) is 16.6 Å². The van der Waals surface area contributed by atoms with Gasteiger partial charge in [-0.15, -0.1) is 0 Å². The first-order valence-corrected chi connectivity index (χ1v) is 4.24. The Bertz CT molecular complexity index is 153. The van der Waals surface area contributed by atoms with Crippen LogP contribution in [0.5, 0.6) is 0 Å². The van der Waals surface area contributed by atoms with Crippen LogP contribution in [0, 0.1) is 0 Å². The number of hydrogen-bond acceptors (Lipinski definition) is 2. The Kier molecular flexibility index (Phi) is 11.8. The van der Waals surface area contributed by atoms with Crippen LogP contribution in [-0.4, -0.2) is 24.1 Å². The second kappa shape index (κ2) is 10.7. The summed E-state index contributed by atoms with van der Waals surface area (Å²) < 4.78 is 0. The van der Waals surface area contributed by atoms with Crippen molar-refractivity contribution < 1.29 is 9.90 Å². The minimum atomic E-state index is -0.682. The van der Waals surface area contributed by atoms with Crippen molar-refractivity contribution in [2.45, 2.75) is 32.6 Å². The molecule has 0 rings (SSSR count). The summed E-state index contributed by atoms with van der Waals surface area (Å²) in [4.78, 5) is 13.2. The zero-order chi connectivity index (χ0) is 10.7. The fraction of sp³-hybridized carbons (Fsp3) is 0.750. The number of hydrogen-bond donors (Lipinski definition) is 3. The number of aliphatic carboxylic acids is 1. The molecule has 0 spiro atoms. The summed E-state index contributed by atoms with van der Waals surface area (Å²) in [6.07, 6.45) is 3.28. The molecule has 0 aromatic heterocycles. The van der Waals surface area contributed by atoms with Gasteiger partial charge in [-0.2, -0.15) is 0 Å². The predicted molar refractivity (Wildman–Crippen MR) is 53.5 cm³/mol. The Balaban J connectivity index is 0. The van der Waals surface area contributed by atoms with Crippen LogP contribution in [-0.2, 0) is 4.79 Å². The molecule has 0 saturated carbocycles. The van der Waals surface area contributed by atoms with E-state index in [9.17, 15) is 4.79 Å². The molecule has 5 N–H and O–H groups in total. The minimum Gasteiger partial charge on any atom is -0.481 e. The molecule has 0 aliphatic rings. The number of unbranched alkanes of at least 4 members (excludes halogenated alkanes) is 2. The Morgan fingerprint density at radius 3 is 2.08 bits per heavy atom. The minimum absolute atomic E-state index is 0.130. The summed E-state index contributed by atoms with van der Waals surface area (Å²) in [5.74, 6) is -0.552. The largest absolute Gasteiger partial charge is 0.481 e. The van der Waals surface area contributed by atoms with Gasteiger partial charge in [-0.05, 0) is 6.42 Å². The Morgan fingerprint density at radius 2 is 1.85 bits per heavy atom. The number of carbonyl (C=O) groups is 1. The van der Waals surface area contributed by atoms with Crippen molar-refractivity contribution in [1.82, 2.24) is 0 Å². The van der Waals surface area contributed by atoms with Crippen molar-refractivity contribution in [2.24, 2.45) is 16.5 Å². The van der Waals surface area contributed by atoms with E-state index in [1.807, 2.05) is 0 Å². The maximum Gasteiger partial charge on any atom is 0.303 e. The van der Waals surface area contributed by atoms with Crippen molar-refractivity contribution >= 4 is 11.9 Å². The highest BCUT2D eigenvalue weighted by Crippen LogP contribution is 1.97. The number of aliphatic imine (C=N–C) groups is 1. The molecule has 0 bridgehead atoms. The molecule has 13 heavy (non-hydrogen) atoms. The maximum absolute atomic E-state index is 9.87. The fourth-order valence-electron chi connectivity index (χ4n) is 0.526. The van der Waals surface area contributed by atoms with Crippen LogP contribution in [0.2, 0.25) is 0 Å². The van der Waals surface area contributed by atoms with Crippen molar-refractivity contribution in [3.63, 3.8) is 0 Å². The number of nitrogens with two attached hydrogens (primary N) is 2. The SMILES string of the molecule is CCCCCC(=O)O.CN=C(N)N. The highest BCUT2D eigenvalue weighted by Gasteiger charge is 1.92. The van der Waals surface area contributed by atoms with E-state index in [0.29, 0.717) is 6.42 Å². The van der Waals surface area contributed by atoms with Gasteiger partial charge in [-0.3, -0.25) is 9.79 Å². The lowest BCUT2D eigenvalue weighted by Gasteiger charge is -1.89. The van der Waals surface area contributed by atoms with Crippen LogP contribution in [0.25, 0.3) is 0 Å². The molecule has 0 radical (unpaired) electrons. The predicted octanol–water partition coefficient (Wildman–Crippen LogP) is 0.541. The van der Waals surface area contributed by atoms with Gasteiger partial charge in [0.15, 0.2) is 5.96 Å². The van der Waals surface area contributed by atoms with Gasteiger partial charge in [0.1, 0.15) is 0 Å². The molecule has 0 aliphatic carbocycles. The zero-order valence-corrected chi connectivity index (χ0v) is 8.29. The number of guanidine groups is 1. The van der Waals surface area contributed by atoms with E-state index in [-0.39, 0.29) is 5.96 Å². The van der Waals surface area contributed by atoms with Gasteiger partial charge in [0.25, 0.3) is 0 Å². The summed E-state index contributed by atoms with van der Waals surface area (Å²) >= 11 is 0. The normalized spacial score (nSPS) is 8.15. The molecular weight excluding hydrogens is 170 g/mol. The van der Waals surface area contributed by atoms with Crippen LogP contribution in [0.4, 0.5) is 0 Å². The number of rotatable bonds is 4. The molecule has 5 heteroatoms. The van der Waals surface area contributed by atoms with Gasteiger partial charge < -0.3 is 16.6 Å². The third-order valence-corrected chi connectivity index (χ3v) is 1.25. The molecule has 0 atom stereocenters. The van der Waals surface area contributed by atoms with Crippen LogP contribution in [0.15, 0.2) is 4.99 Å². The topological polar surface area (TPSA) is 102 Å². The summed E-state index contributed by atoms with van der Waals surface area (Å²) in [6.45, 7) is 2.06. The molecule has 0 fully saturated rings. The maximum atomic E-state index is 9.87. The Hall–Kier alpha value is -1.26.